The van der Waals surface area contributed by atoms with E-state index in [9.17, 15) is 4.39 Å². The molecule has 0 bridgehead atoms. The first-order chi connectivity index (χ1) is 11.7. The first-order valence-corrected chi connectivity index (χ1v) is 7.03. The number of halogens is 1. The Kier molecular flexibility index (Phi) is 4.66. The average molecular weight is 324 g/mol. The Hall–Kier alpha value is -3.42. The topological polar surface area (TPSA) is 103 Å². The predicted molar refractivity (Wildman–Crippen MR) is 85.1 cm³/mol. The van der Waals surface area contributed by atoms with Gasteiger partial charge in [0.25, 0.3) is 0 Å². The van der Waals surface area contributed by atoms with E-state index in [-0.39, 0.29) is 12.2 Å². The molecule has 2 N–H and O–H groups in total. The van der Waals surface area contributed by atoms with Crippen molar-refractivity contribution >= 4 is 11.4 Å². The van der Waals surface area contributed by atoms with Crippen LogP contribution in [0.2, 0.25) is 0 Å². The third kappa shape index (κ3) is 3.67. The molecular weight excluding hydrogens is 311 g/mol. The average Bonchev–Trinajstić information content (AvgIpc) is 3.15. The minimum atomic E-state index is -0.427. The fraction of sp³-hybridized carbons (Fsp3) is 0.0625. The lowest BCUT2D eigenvalue weighted by Gasteiger charge is -2.02. The monoisotopic (exact) mass is 324 g/mol. The van der Waals surface area contributed by atoms with Gasteiger partial charge in [-0.3, -0.25) is 9.98 Å². The fourth-order valence-corrected chi connectivity index (χ4v) is 1.90. The van der Waals surface area contributed by atoms with Gasteiger partial charge in [0.15, 0.2) is 5.82 Å². The Labute approximate surface area is 136 Å². The third-order valence-electron chi connectivity index (χ3n) is 3.05. The van der Waals surface area contributed by atoms with Crippen molar-refractivity contribution in [3.8, 4) is 0 Å². The second kappa shape index (κ2) is 7.23. The van der Waals surface area contributed by atoms with Gasteiger partial charge in [-0.15, -0.1) is 0 Å². The number of pyridine rings is 1. The van der Waals surface area contributed by atoms with Gasteiger partial charge in [0.2, 0.25) is 0 Å². The second-order valence-electron chi connectivity index (χ2n) is 4.69. The van der Waals surface area contributed by atoms with Crippen LogP contribution in [-0.2, 0) is 6.54 Å². The Bertz CT molecular complexity index is 861. The molecule has 0 unspecified atom stereocenters. The Balaban J connectivity index is 1.93. The molecule has 3 aromatic rings. The van der Waals surface area contributed by atoms with Gasteiger partial charge in [0.1, 0.15) is 17.8 Å². The molecule has 0 aliphatic rings. The molecule has 0 spiro atoms. The highest BCUT2D eigenvalue weighted by Gasteiger charge is 2.09. The number of hydrogen-bond acceptors (Lipinski definition) is 7. The number of nitrogens with zero attached hydrogens (tertiary/aromatic N) is 5. The number of aromatic nitrogens is 4. The van der Waals surface area contributed by atoms with E-state index in [1.807, 2.05) is 0 Å². The minimum Gasteiger partial charge on any atom is -0.396 e. The van der Waals surface area contributed by atoms with Gasteiger partial charge < -0.3 is 10.3 Å². The quantitative estimate of drug-likeness (QED) is 0.720. The van der Waals surface area contributed by atoms with E-state index in [4.69, 9.17) is 10.3 Å². The highest BCUT2D eigenvalue weighted by Crippen LogP contribution is 2.09. The van der Waals surface area contributed by atoms with Crippen molar-refractivity contribution < 1.29 is 8.91 Å². The molecule has 0 amide bonds. The molecule has 7 nitrogen and oxygen atoms in total. The molecule has 120 valence electrons. The van der Waals surface area contributed by atoms with E-state index in [1.165, 1.54) is 24.6 Å². The van der Waals surface area contributed by atoms with Crippen LogP contribution in [0.25, 0.3) is 5.70 Å². The summed E-state index contributed by atoms with van der Waals surface area (Å²) in [5.74, 6) is -0.0678. The van der Waals surface area contributed by atoms with E-state index >= 15 is 0 Å². The van der Waals surface area contributed by atoms with Crippen LogP contribution < -0.4 is 5.73 Å². The van der Waals surface area contributed by atoms with Crippen molar-refractivity contribution in [3.05, 3.63) is 78.2 Å². The molecule has 0 fully saturated rings. The summed E-state index contributed by atoms with van der Waals surface area (Å²) in [6.45, 7) is 0.0360. The maximum atomic E-state index is 13.7. The van der Waals surface area contributed by atoms with Crippen LogP contribution in [0.5, 0.6) is 0 Å². The van der Waals surface area contributed by atoms with Gasteiger partial charge in [0.05, 0.1) is 23.6 Å². The molecule has 3 heterocycles. The van der Waals surface area contributed by atoms with Crippen molar-refractivity contribution in [2.24, 2.45) is 10.7 Å². The maximum Gasteiger partial charge on any atom is 0.175 e. The van der Waals surface area contributed by atoms with E-state index in [1.54, 1.807) is 30.6 Å². The molecule has 0 aliphatic carbocycles. The summed E-state index contributed by atoms with van der Waals surface area (Å²) >= 11 is 0. The van der Waals surface area contributed by atoms with Crippen molar-refractivity contribution in [2.75, 3.05) is 0 Å². The zero-order valence-electron chi connectivity index (χ0n) is 12.5. The lowest BCUT2D eigenvalue weighted by atomic mass is 10.2. The minimum absolute atomic E-state index is 0.0360. The highest BCUT2D eigenvalue weighted by molar-refractivity contribution is 6.10. The Morgan fingerprint density at radius 3 is 2.67 bits per heavy atom. The Morgan fingerprint density at radius 1 is 1.17 bits per heavy atom. The lowest BCUT2D eigenvalue weighted by Crippen LogP contribution is -2.07. The van der Waals surface area contributed by atoms with Crippen LogP contribution in [-0.4, -0.2) is 25.8 Å². The van der Waals surface area contributed by atoms with Crippen molar-refractivity contribution in [1.29, 1.82) is 0 Å². The zero-order valence-corrected chi connectivity index (χ0v) is 12.5. The number of allylic oxidation sites excluding steroid dienone is 1. The van der Waals surface area contributed by atoms with Crippen LogP contribution in [0.4, 0.5) is 4.39 Å². The smallest absolute Gasteiger partial charge is 0.175 e. The molecule has 8 heteroatoms. The first-order valence-electron chi connectivity index (χ1n) is 7.03. The molecule has 0 saturated heterocycles. The van der Waals surface area contributed by atoms with Crippen LogP contribution in [0.3, 0.4) is 0 Å². The van der Waals surface area contributed by atoms with Crippen molar-refractivity contribution in [1.82, 2.24) is 20.1 Å². The van der Waals surface area contributed by atoms with Crippen molar-refractivity contribution in [3.63, 3.8) is 0 Å². The lowest BCUT2D eigenvalue weighted by molar-refractivity contribution is 0.418. The summed E-state index contributed by atoms with van der Waals surface area (Å²) in [6.07, 6.45) is 7.65. The molecule has 0 atom stereocenters. The molecule has 0 aromatic carbocycles. The predicted octanol–water partition coefficient (Wildman–Crippen LogP) is 1.99. The fourth-order valence-electron chi connectivity index (χ4n) is 1.90. The van der Waals surface area contributed by atoms with Gasteiger partial charge in [-0.1, -0.05) is 5.16 Å². The van der Waals surface area contributed by atoms with E-state index < -0.39 is 5.82 Å². The summed E-state index contributed by atoms with van der Waals surface area (Å²) in [4.78, 5) is 16.4. The van der Waals surface area contributed by atoms with Crippen LogP contribution in [0.1, 0.15) is 17.2 Å². The molecule has 0 radical (unpaired) electrons. The molecular formula is C16H13FN6O. The van der Waals surface area contributed by atoms with Gasteiger partial charge in [-0.2, -0.15) is 0 Å². The van der Waals surface area contributed by atoms with Crippen molar-refractivity contribution in [2.45, 2.75) is 6.54 Å². The van der Waals surface area contributed by atoms with E-state index in [2.05, 4.69) is 25.1 Å². The maximum absolute atomic E-state index is 13.7. The standard InChI is InChI=1S/C16H13FN6O/c17-11-3-1-5-19-15(11)10-22-14(13-4-8-24-23-13)9-12(18)16-20-6-2-7-21-16/h1-9H,10,18H2/b12-9-,22-14?. The molecule has 0 aliphatic heterocycles. The number of nitrogens with two attached hydrogens (primary N) is 1. The number of hydrogen-bond donors (Lipinski definition) is 1. The zero-order chi connectivity index (χ0) is 16.8. The first kappa shape index (κ1) is 15.5. The number of aliphatic imine (C=N–C) groups is 1. The third-order valence-corrected chi connectivity index (χ3v) is 3.05. The number of rotatable bonds is 5. The summed E-state index contributed by atoms with van der Waals surface area (Å²) in [6, 6.07) is 6.16. The van der Waals surface area contributed by atoms with E-state index in [0.29, 0.717) is 22.9 Å². The van der Waals surface area contributed by atoms with Crippen LogP contribution in [0.15, 0.2) is 64.7 Å². The van der Waals surface area contributed by atoms with Gasteiger partial charge in [0, 0.05) is 24.7 Å². The van der Waals surface area contributed by atoms with Gasteiger partial charge in [-0.25, -0.2) is 14.4 Å². The second-order valence-corrected chi connectivity index (χ2v) is 4.69. The molecule has 24 heavy (non-hydrogen) atoms. The summed E-state index contributed by atoms with van der Waals surface area (Å²) in [5, 5.41) is 3.84. The largest absolute Gasteiger partial charge is 0.396 e. The molecule has 0 saturated carbocycles. The SMILES string of the molecule is N/C(=C\C(=NCc1ncccc1F)c1ccon1)c1ncccn1. The van der Waals surface area contributed by atoms with E-state index in [0.717, 1.165) is 0 Å². The summed E-state index contributed by atoms with van der Waals surface area (Å²) in [5.41, 5.74) is 7.41. The Morgan fingerprint density at radius 2 is 1.96 bits per heavy atom. The van der Waals surface area contributed by atoms with Gasteiger partial charge in [-0.05, 0) is 24.3 Å². The molecule has 3 aromatic heterocycles. The van der Waals surface area contributed by atoms with Crippen LogP contribution >= 0.6 is 0 Å². The molecule has 3 rings (SSSR count). The highest BCUT2D eigenvalue weighted by atomic mass is 19.1. The van der Waals surface area contributed by atoms with Gasteiger partial charge >= 0.3 is 0 Å². The summed E-state index contributed by atoms with van der Waals surface area (Å²) < 4.78 is 18.5. The normalized spacial score (nSPS) is 12.4. The van der Waals surface area contributed by atoms with Crippen LogP contribution in [0, 0.1) is 5.82 Å². The summed E-state index contributed by atoms with van der Waals surface area (Å²) in [7, 11) is 0.